The predicted octanol–water partition coefficient (Wildman–Crippen LogP) is 5.15. The molecule has 100 valence electrons. The summed E-state index contributed by atoms with van der Waals surface area (Å²) in [5, 5.41) is -0.268. The Morgan fingerprint density at radius 3 is 2.32 bits per heavy atom. The number of benzene rings is 1. The Morgan fingerprint density at radius 2 is 1.74 bits per heavy atom. The van der Waals surface area contributed by atoms with Gasteiger partial charge in [-0.3, -0.25) is 0 Å². The first kappa shape index (κ1) is 14.4. The minimum Gasteiger partial charge on any atom is -0.439 e. The molecule has 2 aromatic rings. The van der Waals surface area contributed by atoms with E-state index in [1.165, 1.54) is 0 Å². The van der Waals surface area contributed by atoms with Crippen LogP contribution in [0.15, 0.2) is 36.4 Å². The van der Waals surface area contributed by atoms with E-state index in [1.54, 1.807) is 24.3 Å². The zero-order chi connectivity index (χ0) is 14.0. The van der Waals surface area contributed by atoms with E-state index in [-0.39, 0.29) is 11.0 Å². The molecule has 0 aliphatic rings. The van der Waals surface area contributed by atoms with Crippen molar-refractivity contribution in [2.75, 3.05) is 0 Å². The molecule has 0 saturated heterocycles. The van der Waals surface area contributed by atoms with Gasteiger partial charge in [0.15, 0.2) is 0 Å². The van der Waals surface area contributed by atoms with Crippen molar-refractivity contribution in [2.24, 2.45) is 0 Å². The lowest BCUT2D eigenvalue weighted by Crippen LogP contribution is -2.05. The Labute approximate surface area is 125 Å². The predicted molar refractivity (Wildman–Crippen MR) is 73.5 cm³/mol. The number of alkyl halides is 3. The third kappa shape index (κ3) is 3.97. The molecule has 2 nitrogen and oxygen atoms in total. The van der Waals surface area contributed by atoms with Crippen molar-refractivity contribution in [2.45, 2.75) is 6.18 Å². The molecule has 0 saturated carbocycles. The van der Waals surface area contributed by atoms with E-state index in [0.717, 1.165) is 15.7 Å². The summed E-state index contributed by atoms with van der Waals surface area (Å²) < 4.78 is 44.0. The van der Waals surface area contributed by atoms with E-state index in [0.29, 0.717) is 5.75 Å². The molecule has 1 aromatic heterocycles. The summed E-state index contributed by atoms with van der Waals surface area (Å²) >= 11 is 7.66. The van der Waals surface area contributed by atoms with Gasteiger partial charge in [0, 0.05) is 9.64 Å². The molecule has 0 N–H and O–H groups in total. The number of rotatable bonds is 2. The van der Waals surface area contributed by atoms with Crippen molar-refractivity contribution < 1.29 is 17.9 Å². The highest BCUT2D eigenvalue weighted by atomic mass is 127. The van der Waals surface area contributed by atoms with Crippen molar-refractivity contribution in [3.63, 3.8) is 0 Å². The van der Waals surface area contributed by atoms with Crippen molar-refractivity contribution >= 4 is 34.2 Å². The molecule has 1 heterocycles. The highest BCUT2D eigenvalue weighted by molar-refractivity contribution is 14.1. The summed E-state index contributed by atoms with van der Waals surface area (Å²) in [6.07, 6.45) is -4.49. The van der Waals surface area contributed by atoms with Crippen molar-refractivity contribution in [1.29, 1.82) is 0 Å². The normalized spacial score (nSPS) is 11.4. The van der Waals surface area contributed by atoms with Gasteiger partial charge in [0.05, 0.1) is 5.56 Å². The van der Waals surface area contributed by atoms with Crippen molar-refractivity contribution in [3.8, 4) is 11.6 Å². The molecule has 7 heteroatoms. The first-order valence-electron chi connectivity index (χ1n) is 5.03. The molecule has 0 aliphatic carbocycles. The summed E-state index contributed by atoms with van der Waals surface area (Å²) in [5.41, 5.74) is -0.895. The van der Waals surface area contributed by atoms with Crippen LogP contribution in [0.1, 0.15) is 5.56 Å². The molecule has 19 heavy (non-hydrogen) atoms. The van der Waals surface area contributed by atoms with E-state index >= 15 is 0 Å². The lowest BCUT2D eigenvalue weighted by molar-refractivity contribution is -0.137. The van der Waals surface area contributed by atoms with Crippen LogP contribution in [-0.4, -0.2) is 4.98 Å². The summed E-state index contributed by atoms with van der Waals surface area (Å²) in [6, 6.07) is 8.37. The summed E-state index contributed by atoms with van der Waals surface area (Å²) in [5.74, 6) is 0.198. The quantitative estimate of drug-likeness (QED) is 0.515. The number of halogens is 5. The minimum atomic E-state index is -4.49. The van der Waals surface area contributed by atoms with Gasteiger partial charge in [-0.2, -0.15) is 13.2 Å². The zero-order valence-electron chi connectivity index (χ0n) is 9.21. The summed E-state index contributed by atoms with van der Waals surface area (Å²) in [6.45, 7) is 0. The lowest BCUT2D eigenvalue weighted by Gasteiger charge is -2.10. The van der Waals surface area contributed by atoms with Crippen molar-refractivity contribution in [3.05, 3.63) is 50.7 Å². The standard InChI is InChI=1S/C12H6ClF3INO/c13-10-5-7(12(14,15)16)6-11(18-10)19-9-3-1-8(17)2-4-9/h1-6H. The number of hydrogen-bond donors (Lipinski definition) is 0. The molecule has 0 atom stereocenters. The highest BCUT2D eigenvalue weighted by Crippen LogP contribution is 2.33. The maximum atomic E-state index is 12.6. The third-order valence-electron chi connectivity index (χ3n) is 2.13. The molecule has 0 bridgehead atoms. The SMILES string of the molecule is FC(F)(F)c1cc(Cl)nc(Oc2ccc(I)cc2)c1. The second-order valence-electron chi connectivity index (χ2n) is 3.57. The van der Waals surface area contributed by atoms with Crippen LogP contribution in [0.2, 0.25) is 5.15 Å². The van der Waals surface area contributed by atoms with Gasteiger partial charge in [0.2, 0.25) is 5.88 Å². The molecule has 0 unspecified atom stereocenters. The Balaban J connectivity index is 2.30. The fourth-order valence-corrected chi connectivity index (χ4v) is 1.87. The second kappa shape index (κ2) is 5.54. The smallest absolute Gasteiger partial charge is 0.416 e. The first-order valence-corrected chi connectivity index (χ1v) is 6.48. The maximum Gasteiger partial charge on any atom is 0.416 e. The fourth-order valence-electron chi connectivity index (χ4n) is 1.31. The van der Waals surface area contributed by atoms with E-state index in [1.807, 2.05) is 0 Å². The van der Waals surface area contributed by atoms with E-state index in [9.17, 15) is 13.2 Å². The largest absolute Gasteiger partial charge is 0.439 e. The number of nitrogens with zero attached hydrogens (tertiary/aromatic N) is 1. The molecular weight excluding hydrogens is 393 g/mol. The Kier molecular flexibility index (Phi) is 4.19. The van der Waals surface area contributed by atoms with Crippen LogP contribution in [0.5, 0.6) is 11.6 Å². The molecular formula is C12H6ClF3INO. The topological polar surface area (TPSA) is 22.1 Å². The molecule has 2 rings (SSSR count). The van der Waals surface area contributed by atoms with E-state index < -0.39 is 11.7 Å². The average Bonchev–Trinajstić information content (AvgIpc) is 2.30. The van der Waals surface area contributed by atoms with Crippen LogP contribution in [-0.2, 0) is 6.18 Å². The molecule has 0 radical (unpaired) electrons. The lowest BCUT2D eigenvalue weighted by atomic mass is 10.2. The van der Waals surface area contributed by atoms with E-state index in [4.69, 9.17) is 16.3 Å². The zero-order valence-corrected chi connectivity index (χ0v) is 12.1. The molecule has 0 fully saturated rings. The highest BCUT2D eigenvalue weighted by Gasteiger charge is 2.31. The van der Waals surface area contributed by atoms with Gasteiger partial charge in [-0.05, 0) is 52.9 Å². The molecule has 0 aliphatic heterocycles. The van der Waals surface area contributed by atoms with Gasteiger partial charge in [-0.25, -0.2) is 4.98 Å². The van der Waals surface area contributed by atoms with Crippen LogP contribution < -0.4 is 4.74 Å². The van der Waals surface area contributed by atoms with Gasteiger partial charge in [-0.1, -0.05) is 11.6 Å². The Morgan fingerprint density at radius 1 is 1.11 bits per heavy atom. The fraction of sp³-hybridized carbons (Fsp3) is 0.0833. The third-order valence-corrected chi connectivity index (χ3v) is 3.05. The van der Waals surface area contributed by atoms with Crippen LogP contribution >= 0.6 is 34.2 Å². The Hall–Kier alpha value is -1.02. The van der Waals surface area contributed by atoms with Crippen molar-refractivity contribution in [1.82, 2.24) is 4.98 Å². The first-order chi connectivity index (χ1) is 8.84. The summed E-state index contributed by atoms with van der Waals surface area (Å²) in [7, 11) is 0. The number of aromatic nitrogens is 1. The van der Waals surface area contributed by atoms with Gasteiger partial charge in [-0.15, -0.1) is 0 Å². The molecule has 1 aromatic carbocycles. The number of pyridine rings is 1. The Bertz CT molecular complexity index is 587. The van der Waals surface area contributed by atoms with Crippen LogP contribution in [0, 0.1) is 3.57 Å². The number of ether oxygens (including phenoxy) is 1. The van der Waals surface area contributed by atoms with Crippen LogP contribution in [0.3, 0.4) is 0 Å². The van der Waals surface area contributed by atoms with Gasteiger partial charge in [0.1, 0.15) is 10.9 Å². The van der Waals surface area contributed by atoms with E-state index in [2.05, 4.69) is 27.6 Å². The van der Waals surface area contributed by atoms with Gasteiger partial charge < -0.3 is 4.74 Å². The van der Waals surface area contributed by atoms with Gasteiger partial charge >= 0.3 is 6.18 Å². The second-order valence-corrected chi connectivity index (χ2v) is 5.20. The summed E-state index contributed by atoms with van der Waals surface area (Å²) in [4.78, 5) is 3.71. The minimum absolute atomic E-state index is 0.193. The van der Waals surface area contributed by atoms with Gasteiger partial charge in [0.25, 0.3) is 0 Å². The molecule has 0 spiro atoms. The van der Waals surface area contributed by atoms with Crippen LogP contribution in [0.25, 0.3) is 0 Å². The number of hydrogen-bond acceptors (Lipinski definition) is 2. The van der Waals surface area contributed by atoms with Crippen LogP contribution in [0.4, 0.5) is 13.2 Å². The molecule has 0 amide bonds. The average molecular weight is 400 g/mol. The maximum absolute atomic E-state index is 12.6. The monoisotopic (exact) mass is 399 g/mol.